The molecule has 0 saturated heterocycles. The van der Waals surface area contributed by atoms with Gasteiger partial charge >= 0.3 is 0 Å². The van der Waals surface area contributed by atoms with Crippen molar-refractivity contribution in [2.45, 2.75) is 59.0 Å². The molecule has 2 N–H and O–H groups in total. The van der Waals surface area contributed by atoms with Crippen molar-refractivity contribution < 1.29 is 4.74 Å². The van der Waals surface area contributed by atoms with E-state index in [9.17, 15) is 0 Å². The maximum Gasteiger partial charge on any atom is 0.0764 e. The fraction of sp³-hybridized carbons (Fsp3) is 0.846. The van der Waals surface area contributed by atoms with Crippen molar-refractivity contribution in [2.24, 2.45) is 5.73 Å². The van der Waals surface area contributed by atoms with E-state index in [2.05, 4.69) is 19.1 Å². The Hall–Kier alpha value is -0.340. The van der Waals surface area contributed by atoms with Crippen LogP contribution in [0.15, 0.2) is 12.2 Å². The molecule has 1 atom stereocenters. The summed E-state index contributed by atoms with van der Waals surface area (Å²) < 4.78 is 5.23. The summed E-state index contributed by atoms with van der Waals surface area (Å²) in [4.78, 5) is 0. The lowest BCUT2D eigenvalue weighted by atomic mass is 10.1. The minimum atomic E-state index is 0.214. The number of ether oxygens (including phenoxy) is 1. The van der Waals surface area contributed by atoms with Crippen LogP contribution in [0.3, 0.4) is 0 Å². The number of rotatable bonds is 8. The van der Waals surface area contributed by atoms with Crippen LogP contribution in [-0.4, -0.2) is 19.8 Å². The highest BCUT2D eigenvalue weighted by Gasteiger charge is 1.98. The van der Waals surface area contributed by atoms with Crippen LogP contribution in [0.4, 0.5) is 0 Å². The molecule has 2 nitrogen and oxygen atoms in total. The van der Waals surface area contributed by atoms with Gasteiger partial charge in [-0.3, -0.25) is 0 Å². The predicted molar refractivity (Wildman–Crippen MR) is 69.1 cm³/mol. The summed E-state index contributed by atoms with van der Waals surface area (Å²) in [7, 11) is 1.73. The van der Waals surface area contributed by atoms with E-state index >= 15 is 0 Å². The Kier molecular flexibility index (Phi) is 18.3. The van der Waals surface area contributed by atoms with E-state index in [1.54, 1.807) is 7.11 Å². The first-order chi connectivity index (χ1) is 7.35. The fourth-order valence-corrected chi connectivity index (χ4v) is 1.22. The predicted octanol–water partition coefficient (Wildman–Crippen LogP) is 3.51. The zero-order valence-corrected chi connectivity index (χ0v) is 11.0. The molecule has 0 spiro atoms. The van der Waals surface area contributed by atoms with Gasteiger partial charge in [-0.25, -0.2) is 0 Å². The smallest absolute Gasteiger partial charge is 0.0764 e. The van der Waals surface area contributed by atoms with Gasteiger partial charge in [0.1, 0.15) is 0 Å². The molecule has 0 aromatic carbocycles. The Morgan fingerprint density at radius 2 is 1.93 bits per heavy atom. The minimum Gasteiger partial charge on any atom is -0.377 e. The van der Waals surface area contributed by atoms with Gasteiger partial charge in [-0.1, -0.05) is 45.8 Å². The van der Waals surface area contributed by atoms with Crippen LogP contribution in [-0.2, 0) is 4.74 Å². The average molecular weight is 215 g/mol. The summed E-state index contributed by atoms with van der Waals surface area (Å²) in [6.07, 6.45) is 10.5. The Bertz CT molecular complexity index is 124. The van der Waals surface area contributed by atoms with Crippen LogP contribution in [0, 0.1) is 0 Å². The summed E-state index contributed by atoms with van der Waals surface area (Å²) in [5.41, 5.74) is 5.44. The first-order valence-electron chi connectivity index (χ1n) is 6.24. The van der Waals surface area contributed by atoms with Gasteiger partial charge < -0.3 is 10.5 Å². The number of hydrogen-bond donors (Lipinski definition) is 1. The number of unbranched alkanes of at least 4 members (excludes halogenated alkanes) is 3. The van der Waals surface area contributed by atoms with Gasteiger partial charge in [-0.2, -0.15) is 0 Å². The molecule has 0 aromatic rings. The van der Waals surface area contributed by atoms with E-state index in [1.165, 1.54) is 19.3 Å². The maximum atomic E-state index is 5.44. The highest BCUT2D eigenvalue weighted by atomic mass is 16.5. The second-order valence-corrected chi connectivity index (χ2v) is 3.28. The molecule has 0 aromatic heterocycles. The van der Waals surface area contributed by atoms with E-state index in [0.29, 0.717) is 6.54 Å². The van der Waals surface area contributed by atoms with E-state index < -0.39 is 0 Å². The third-order valence-electron chi connectivity index (χ3n) is 2.08. The largest absolute Gasteiger partial charge is 0.377 e. The maximum absolute atomic E-state index is 5.44. The van der Waals surface area contributed by atoms with Crippen molar-refractivity contribution >= 4 is 0 Å². The molecule has 1 unspecified atom stereocenters. The SMILES string of the molecule is CC.CCCCC/C=C\C(CCN)OC. The fourth-order valence-electron chi connectivity index (χ4n) is 1.22. The van der Waals surface area contributed by atoms with Crippen molar-refractivity contribution in [3.05, 3.63) is 12.2 Å². The summed E-state index contributed by atoms with van der Waals surface area (Å²) in [6.45, 7) is 6.91. The first kappa shape index (κ1) is 17.1. The summed E-state index contributed by atoms with van der Waals surface area (Å²) >= 11 is 0. The Morgan fingerprint density at radius 1 is 1.27 bits per heavy atom. The van der Waals surface area contributed by atoms with Crippen molar-refractivity contribution in [3.8, 4) is 0 Å². The number of allylic oxidation sites excluding steroid dienone is 1. The molecule has 0 saturated carbocycles. The van der Waals surface area contributed by atoms with E-state index in [1.807, 2.05) is 13.8 Å². The quantitative estimate of drug-likeness (QED) is 0.497. The van der Waals surface area contributed by atoms with Gasteiger partial charge in [0.25, 0.3) is 0 Å². The molecule has 0 amide bonds. The van der Waals surface area contributed by atoms with Crippen LogP contribution in [0.25, 0.3) is 0 Å². The van der Waals surface area contributed by atoms with E-state index in [4.69, 9.17) is 10.5 Å². The minimum absolute atomic E-state index is 0.214. The van der Waals surface area contributed by atoms with E-state index in [0.717, 1.165) is 12.8 Å². The van der Waals surface area contributed by atoms with Gasteiger partial charge in [0, 0.05) is 7.11 Å². The summed E-state index contributed by atoms with van der Waals surface area (Å²) in [5, 5.41) is 0. The summed E-state index contributed by atoms with van der Waals surface area (Å²) in [5.74, 6) is 0. The van der Waals surface area contributed by atoms with Gasteiger partial charge in [-0.05, 0) is 25.8 Å². The summed E-state index contributed by atoms with van der Waals surface area (Å²) in [6, 6.07) is 0. The highest BCUT2D eigenvalue weighted by Crippen LogP contribution is 2.03. The Labute approximate surface area is 95.9 Å². The molecule has 0 aliphatic heterocycles. The molecule has 15 heavy (non-hydrogen) atoms. The molecule has 2 heteroatoms. The number of nitrogens with two attached hydrogens (primary N) is 1. The lowest BCUT2D eigenvalue weighted by Crippen LogP contribution is -2.13. The van der Waals surface area contributed by atoms with Crippen LogP contribution in [0.1, 0.15) is 52.9 Å². The first-order valence-corrected chi connectivity index (χ1v) is 6.24. The number of methoxy groups -OCH3 is 1. The molecule has 0 rings (SSSR count). The molecule has 0 aliphatic rings. The third kappa shape index (κ3) is 13.7. The van der Waals surface area contributed by atoms with Crippen LogP contribution in [0.5, 0.6) is 0 Å². The van der Waals surface area contributed by atoms with E-state index in [-0.39, 0.29) is 6.10 Å². The van der Waals surface area contributed by atoms with Crippen molar-refractivity contribution in [1.29, 1.82) is 0 Å². The average Bonchev–Trinajstić information content (AvgIpc) is 2.30. The van der Waals surface area contributed by atoms with Crippen LogP contribution >= 0.6 is 0 Å². The molecule has 0 aliphatic carbocycles. The zero-order valence-electron chi connectivity index (χ0n) is 11.0. The Morgan fingerprint density at radius 3 is 2.40 bits per heavy atom. The number of hydrogen-bond acceptors (Lipinski definition) is 2. The lowest BCUT2D eigenvalue weighted by molar-refractivity contribution is 0.135. The molecular weight excluding hydrogens is 186 g/mol. The lowest BCUT2D eigenvalue weighted by Gasteiger charge is -2.08. The Balaban J connectivity index is 0. The van der Waals surface area contributed by atoms with Gasteiger partial charge in [0.15, 0.2) is 0 Å². The van der Waals surface area contributed by atoms with Gasteiger partial charge in [0.05, 0.1) is 6.10 Å². The van der Waals surface area contributed by atoms with Gasteiger partial charge in [0.2, 0.25) is 0 Å². The van der Waals surface area contributed by atoms with Crippen LogP contribution in [0.2, 0.25) is 0 Å². The van der Waals surface area contributed by atoms with Crippen molar-refractivity contribution in [2.75, 3.05) is 13.7 Å². The van der Waals surface area contributed by atoms with Crippen molar-refractivity contribution in [3.63, 3.8) is 0 Å². The molecular formula is C13H29NO. The van der Waals surface area contributed by atoms with Gasteiger partial charge in [-0.15, -0.1) is 0 Å². The topological polar surface area (TPSA) is 35.2 Å². The zero-order chi connectivity index (χ0) is 11.9. The molecule has 0 radical (unpaired) electrons. The molecule has 92 valence electrons. The molecule has 0 bridgehead atoms. The monoisotopic (exact) mass is 215 g/mol. The normalized spacial score (nSPS) is 12.3. The highest BCUT2D eigenvalue weighted by molar-refractivity contribution is 4.89. The molecule has 0 fully saturated rings. The second-order valence-electron chi connectivity index (χ2n) is 3.28. The molecule has 0 heterocycles. The van der Waals surface area contributed by atoms with Crippen molar-refractivity contribution in [1.82, 2.24) is 0 Å². The third-order valence-corrected chi connectivity index (χ3v) is 2.08. The standard InChI is InChI=1S/C11H23NO.C2H6/c1-3-4-5-6-7-8-11(13-2)9-10-12;1-2/h7-8,11H,3-6,9-10,12H2,1-2H3;1-2H3/b8-7-;. The second kappa shape index (κ2) is 16.1. The van der Waals surface area contributed by atoms with Crippen LogP contribution < -0.4 is 5.73 Å².